The molecule has 16 heavy (non-hydrogen) atoms. The Bertz CT molecular complexity index is 498. The topological polar surface area (TPSA) is 48.1 Å². The molecule has 5 heteroatoms. The van der Waals surface area contributed by atoms with Gasteiger partial charge in [0.15, 0.2) is 0 Å². The highest BCUT2D eigenvalue weighted by atomic mass is 79.9. The van der Waals surface area contributed by atoms with E-state index in [1.807, 2.05) is 24.3 Å². The van der Waals surface area contributed by atoms with Crippen molar-refractivity contribution in [2.75, 3.05) is 7.11 Å². The van der Waals surface area contributed by atoms with Crippen molar-refractivity contribution in [3.8, 4) is 16.3 Å². The molecule has 2 aromatic rings. The summed E-state index contributed by atoms with van der Waals surface area (Å²) >= 11 is 4.99. The average Bonchev–Trinajstić information content (AvgIpc) is 2.71. The van der Waals surface area contributed by atoms with E-state index in [0.29, 0.717) is 6.54 Å². The maximum absolute atomic E-state index is 5.61. The van der Waals surface area contributed by atoms with Crippen LogP contribution in [-0.4, -0.2) is 12.1 Å². The van der Waals surface area contributed by atoms with Crippen molar-refractivity contribution in [3.63, 3.8) is 0 Å². The Morgan fingerprint density at radius 1 is 1.50 bits per heavy atom. The standard InChI is InChI=1S/C11H11BrN2OS/c1-15-8-4-2-3-7(5-8)11-14-10(12)9(6-13)16-11/h2-5H,6,13H2,1H3. The Hall–Kier alpha value is -0.910. The third-order valence-electron chi connectivity index (χ3n) is 2.15. The minimum atomic E-state index is 0.502. The molecular formula is C11H11BrN2OS. The Balaban J connectivity index is 2.41. The highest BCUT2D eigenvalue weighted by Gasteiger charge is 2.09. The van der Waals surface area contributed by atoms with Gasteiger partial charge in [-0.2, -0.15) is 0 Å². The predicted molar refractivity (Wildman–Crippen MR) is 69.7 cm³/mol. The average molecular weight is 299 g/mol. The zero-order valence-electron chi connectivity index (χ0n) is 8.74. The largest absolute Gasteiger partial charge is 0.497 e. The van der Waals surface area contributed by atoms with E-state index >= 15 is 0 Å². The van der Waals surface area contributed by atoms with E-state index in [2.05, 4.69) is 20.9 Å². The molecule has 1 aromatic heterocycles. The van der Waals surface area contributed by atoms with Crippen molar-refractivity contribution in [2.24, 2.45) is 5.73 Å². The Morgan fingerprint density at radius 2 is 2.31 bits per heavy atom. The number of thiazole rings is 1. The van der Waals surface area contributed by atoms with Gasteiger partial charge in [-0.25, -0.2) is 4.98 Å². The van der Waals surface area contributed by atoms with Crippen molar-refractivity contribution < 1.29 is 4.74 Å². The summed E-state index contributed by atoms with van der Waals surface area (Å²) in [6, 6.07) is 7.83. The molecule has 84 valence electrons. The van der Waals surface area contributed by atoms with Crippen LogP contribution in [0.2, 0.25) is 0 Å². The van der Waals surface area contributed by atoms with Crippen LogP contribution in [0.5, 0.6) is 5.75 Å². The first-order chi connectivity index (χ1) is 7.74. The summed E-state index contributed by atoms with van der Waals surface area (Å²) in [4.78, 5) is 5.48. The molecule has 3 nitrogen and oxygen atoms in total. The number of aromatic nitrogens is 1. The van der Waals surface area contributed by atoms with E-state index in [-0.39, 0.29) is 0 Å². The van der Waals surface area contributed by atoms with Crippen molar-refractivity contribution in [3.05, 3.63) is 33.7 Å². The highest BCUT2D eigenvalue weighted by molar-refractivity contribution is 9.10. The fraction of sp³-hybridized carbons (Fsp3) is 0.182. The third kappa shape index (κ3) is 2.26. The monoisotopic (exact) mass is 298 g/mol. The summed E-state index contributed by atoms with van der Waals surface area (Å²) in [6.45, 7) is 0.502. The van der Waals surface area contributed by atoms with Crippen LogP contribution in [0.4, 0.5) is 0 Å². The number of benzene rings is 1. The van der Waals surface area contributed by atoms with Gasteiger partial charge >= 0.3 is 0 Å². The summed E-state index contributed by atoms with van der Waals surface area (Å²) < 4.78 is 6.01. The Morgan fingerprint density at radius 3 is 2.94 bits per heavy atom. The lowest BCUT2D eigenvalue weighted by Crippen LogP contribution is -1.92. The molecule has 0 saturated carbocycles. The second-order valence-corrected chi connectivity index (χ2v) is 5.00. The first-order valence-corrected chi connectivity index (χ1v) is 6.35. The molecule has 0 saturated heterocycles. The number of halogens is 1. The third-order valence-corrected chi connectivity index (χ3v) is 4.20. The fourth-order valence-electron chi connectivity index (χ4n) is 1.34. The van der Waals surface area contributed by atoms with E-state index < -0.39 is 0 Å². The Kier molecular flexibility index (Phi) is 3.58. The normalized spacial score (nSPS) is 10.4. The van der Waals surface area contributed by atoms with Crippen LogP contribution < -0.4 is 10.5 Å². The van der Waals surface area contributed by atoms with Crippen LogP contribution >= 0.6 is 27.3 Å². The SMILES string of the molecule is COc1cccc(-c2nc(Br)c(CN)s2)c1. The van der Waals surface area contributed by atoms with Gasteiger partial charge in [-0.3, -0.25) is 0 Å². The van der Waals surface area contributed by atoms with Gasteiger partial charge in [-0.1, -0.05) is 12.1 Å². The van der Waals surface area contributed by atoms with Gasteiger partial charge in [0.25, 0.3) is 0 Å². The van der Waals surface area contributed by atoms with Crippen molar-refractivity contribution in [1.29, 1.82) is 0 Å². The molecule has 0 unspecified atom stereocenters. The van der Waals surface area contributed by atoms with Crippen molar-refractivity contribution in [2.45, 2.75) is 6.54 Å². The first kappa shape index (κ1) is 11.6. The molecule has 2 N–H and O–H groups in total. The van der Waals surface area contributed by atoms with Gasteiger partial charge in [-0.05, 0) is 28.1 Å². The second kappa shape index (κ2) is 4.95. The van der Waals surface area contributed by atoms with E-state index in [9.17, 15) is 0 Å². The number of hydrogen-bond donors (Lipinski definition) is 1. The molecule has 0 fully saturated rings. The maximum Gasteiger partial charge on any atom is 0.125 e. The maximum atomic E-state index is 5.61. The molecule has 0 atom stereocenters. The summed E-state index contributed by atoms with van der Waals surface area (Å²) in [5.41, 5.74) is 6.66. The molecule has 1 aromatic carbocycles. The van der Waals surface area contributed by atoms with Gasteiger partial charge in [0.1, 0.15) is 15.4 Å². The molecule has 0 amide bonds. The molecule has 0 aliphatic rings. The molecule has 0 spiro atoms. The minimum Gasteiger partial charge on any atom is -0.497 e. The summed E-state index contributed by atoms with van der Waals surface area (Å²) in [6.07, 6.45) is 0. The van der Waals surface area contributed by atoms with E-state index in [1.165, 1.54) is 0 Å². The van der Waals surface area contributed by atoms with Gasteiger partial charge < -0.3 is 10.5 Å². The fourth-order valence-corrected chi connectivity index (χ4v) is 2.87. The number of nitrogens with zero attached hydrogens (tertiary/aromatic N) is 1. The molecular weight excluding hydrogens is 288 g/mol. The Labute approximate surface area is 106 Å². The van der Waals surface area contributed by atoms with Crippen LogP contribution in [0.25, 0.3) is 10.6 Å². The van der Waals surface area contributed by atoms with Crippen LogP contribution in [0.3, 0.4) is 0 Å². The van der Waals surface area contributed by atoms with Gasteiger partial charge in [0.2, 0.25) is 0 Å². The minimum absolute atomic E-state index is 0.502. The molecule has 1 heterocycles. The van der Waals surface area contributed by atoms with Crippen molar-refractivity contribution in [1.82, 2.24) is 4.98 Å². The van der Waals surface area contributed by atoms with Crippen LogP contribution in [0.15, 0.2) is 28.9 Å². The molecule has 2 rings (SSSR count). The molecule has 0 bridgehead atoms. The molecule has 0 aliphatic heterocycles. The summed E-state index contributed by atoms with van der Waals surface area (Å²) in [7, 11) is 1.65. The zero-order valence-corrected chi connectivity index (χ0v) is 11.1. The number of rotatable bonds is 3. The number of nitrogens with two attached hydrogens (primary N) is 1. The van der Waals surface area contributed by atoms with Crippen LogP contribution in [-0.2, 0) is 6.54 Å². The lowest BCUT2D eigenvalue weighted by molar-refractivity contribution is 0.415. The zero-order chi connectivity index (χ0) is 11.5. The lowest BCUT2D eigenvalue weighted by Gasteiger charge is -2.00. The predicted octanol–water partition coefficient (Wildman–Crippen LogP) is 3.04. The van der Waals surface area contributed by atoms with Crippen LogP contribution in [0.1, 0.15) is 4.88 Å². The van der Waals surface area contributed by atoms with E-state index in [0.717, 1.165) is 25.8 Å². The van der Waals surface area contributed by atoms with Crippen molar-refractivity contribution >= 4 is 27.3 Å². The number of hydrogen-bond acceptors (Lipinski definition) is 4. The molecule has 0 aliphatic carbocycles. The van der Waals surface area contributed by atoms with E-state index in [1.54, 1.807) is 18.4 Å². The van der Waals surface area contributed by atoms with E-state index in [4.69, 9.17) is 10.5 Å². The molecule has 0 radical (unpaired) electrons. The van der Waals surface area contributed by atoms with Gasteiger partial charge in [-0.15, -0.1) is 11.3 Å². The lowest BCUT2D eigenvalue weighted by atomic mass is 10.2. The summed E-state index contributed by atoms with van der Waals surface area (Å²) in [5.74, 6) is 0.832. The number of ether oxygens (including phenoxy) is 1. The van der Waals surface area contributed by atoms with Gasteiger partial charge in [0, 0.05) is 12.1 Å². The second-order valence-electron chi connectivity index (χ2n) is 3.17. The van der Waals surface area contributed by atoms with Crippen LogP contribution in [0, 0.1) is 0 Å². The number of methoxy groups -OCH3 is 1. The highest BCUT2D eigenvalue weighted by Crippen LogP contribution is 2.32. The quantitative estimate of drug-likeness (QED) is 0.947. The smallest absolute Gasteiger partial charge is 0.125 e. The first-order valence-electron chi connectivity index (χ1n) is 4.74. The summed E-state index contributed by atoms with van der Waals surface area (Å²) in [5, 5.41) is 0.950. The van der Waals surface area contributed by atoms with Gasteiger partial charge in [0.05, 0.1) is 12.0 Å².